The molecule has 2 saturated heterocycles. The highest BCUT2D eigenvalue weighted by Gasteiger charge is 2.43. The number of hydrogen-bond acceptors (Lipinski definition) is 5. The van der Waals surface area contributed by atoms with E-state index in [2.05, 4.69) is 11.4 Å². The van der Waals surface area contributed by atoms with Crippen molar-refractivity contribution in [2.24, 2.45) is 11.7 Å². The predicted octanol–water partition coefficient (Wildman–Crippen LogP) is 1.34. The number of fused-ring (bicyclic) bond motifs is 2. The maximum absolute atomic E-state index is 13.0. The van der Waals surface area contributed by atoms with E-state index in [1.165, 1.54) is 10.4 Å². The van der Waals surface area contributed by atoms with Crippen molar-refractivity contribution in [1.82, 2.24) is 9.80 Å². The molecule has 0 aromatic carbocycles. The van der Waals surface area contributed by atoms with E-state index in [9.17, 15) is 9.59 Å². The summed E-state index contributed by atoms with van der Waals surface area (Å²) in [7, 11) is 0. The molecule has 2 N–H and O–H groups in total. The Bertz CT molecular complexity index is 681. The van der Waals surface area contributed by atoms with Crippen molar-refractivity contribution in [2.75, 3.05) is 39.3 Å². The van der Waals surface area contributed by atoms with E-state index in [1.807, 2.05) is 9.80 Å². The van der Waals surface area contributed by atoms with Crippen LogP contribution in [0.25, 0.3) is 0 Å². The number of likely N-dealkylation sites (tertiary alicyclic amines) is 2. The fourth-order valence-electron chi connectivity index (χ4n) is 4.69. The van der Waals surface area contributed by atoms with Gasteiger partial charge in [0.1, 0.15) is 5.60 Å². The number of carbonyl (C=O) groups is 2. The van der Waals surface area contributed by atoms with Crippen LogP contribution in [-0.4, -0.2) is 60.9 Å². The largest absolute Gasteiger partial charge is 0.369 e. The average molecular weight is 378 g/mol. The summed E-state index contributed by atoms with van der Waals surface area (Å²) in [5.41, 5.74) is 6.56. The van der Waals surface area contributed by atoms with Crippen molar-refractivity contribution >= 4 is 23.2 Å². The Morgan fingerprint density at radius 1 is 1.31 bits per heavy atom. The van der Waals surface area contributed by atoms with Crippen molar-refractivity contribution in [3.05, 3.63) is 21.9 Å². The molecule has 26 heavy (non-hydrogen) atoms. The maximum Gasteiger partial charge on any atom is 0.231 e. The van der Waals surface area contributed by atoms with E-state index < -0.39 is 0 Å². The zero-order valence-electron chi connectivity index (χ0n) is 15.1. The van der Waals surface area contributed by atoms with Gasteiger partial charge in [0, 0.05) is 24.5 Å². The van der Waals surface area contributed by atoms with E-state index >= 15 is 0 Å². The van der Waals surface area contributed by atoms with Gasteiger partial charge in [-0.1, -0.05) is 0 Å². The van der Waals surface area contributed by atoms with Crippen molar-refractivity contribution in [1.29, 1.82) is 0 Å². The molecule has 4 rings (SSSR count). The van der Waals surface area contributed by atoms with Gasteiger partial charge in [0.25, 0.3) is 0 Å². The van der Waals surface area contributed by atoms with Crippen molar-refractivity contribution in [3.63, 3.8) is 0 Å². The van der Waals surface area contributed by atoms with E-state index in [4.69, 9.17) is 10.5 Å². The smallest absolute Gasteiger partial charge is 0.231 e. The SMILES string of the molecule is NC(=O)CN1CCCC(C(=O)N2CCC3(CC2)OCCc2ccsc23)C1. The Labute approximate surface area is 158 Å². The lowest BCUT2D eigenvalue weighted by molar-refractivity contribution is -0.146. The van der Waals surface area contributed by atoms with Crippen LogP contribution >= 0.6 is 11.3 Å². The molecule has 0 radical (unpaired) electrons. The summed E-state index contributed by atoms with van der Waals surface area (Å²) in [6.07, 6.45) is 4.61. The number of thiophene rings is 1. The first kappa shape index (κ1) is 17.9. The summed E-state index contributed by atoms with van der Waals surface area (Å²) in [5.74, 6) is -0.0998. The number of amides is 2. The van der Waals surface area contributed by atoms with E-state index in [1.54, 1.807) is 11.3 Å². The molecule has 2 amide bonds. The molecule has 2 fully saturated rings. The lowest BCUT2D eigenvalue weighted by Gasteiger charge is -2.45. The summed E-state index contributed by atoms with van der Waals surface area (Å²) in [4.78, 5) is 29.6. The Morgan fingerprint density at radius 3 is 2.88 bits per heavy atom. The van der Waals surface area contributed by atoms with E-state index in [-0.39, 0.29) is 29.9 Å². The Hall–Kier alpha value is -1.44. The van der Waals surface area contributed by atoms with Gasteiger partial charge in [-0.3, -0.25) is 14.5 Å². The molecule has 6 nitrogen and oxygen atoms in total. The normalized spacial score (nSPS) is 25.8. The quantitative estimate of drug-likeness (QED) is 0.862. The molecule has 1 spiro atoms. The van der Waals surface area contributed by atoms with Crippen LogP contribution in [0.2, 0.25) is 0 Å². The minimum atomic E-state index is -0.320. The molecular weight excluding hydrogens is 350 g/mol. The fourth-order valence-corrected chi connectivity index (χ4v) is 5.86. The molecule has 4 heterocycles. The second-order valence-corrected chi connectivity index (χ2v) is 8.65. The number of primary amides is 1. The summed E-state index contributed by atoms with van der Waals surface area (Å²) in [5, 5.41) is 2.16. The number of hydrogen-bond donors (Lipinski definition) is 1. The van der Waals surface area contributed by atoms with Gasteiger partial charge in [-0.25, -0.2) is 0 Å². The Kier molecular flexibility index (Phi) is 5.03. The van der Waals surface area contributed by atoms with Crippen LogP contribution in [-0.2, 0) is 26.3 Å². The molecule has 3 aliphatic heterocycles. The molecular formula is C19H27N3O3S. The van der Waals surface area contributed by atoms with Crippen LogP contribution in [0.1, 0.15) is 36.1 Å². The second kappa shape index (κ2) is 7.29. The van der Waals surface area contributed by atoms with Crippen LogP contribution in [0.5, 0.6) is 0 Å². The van der Waals surface area contributed by atoms with Gasteiger partial charge in [-0.15, -0.1) is 11.3 Å². The molecule has 3 aliphatic rings. The number of piperidine rings is 2. The first-order valence-electron chi connectivity index (χ1n) is 9.58. The monoisotopic (exact) mass is 377 g/mol. The molecule has 1 aromatic heterocycles. The summed E-state index contributed by atoms with van der Waals surface area (Å²) in [6.45, 7) is 4.04. The average Bonchev–Trinajstić information content (AvgIpc) is 3.12. The van der Waals surface area contributed by atoms with Crippen LogP contribution in [0, 0.1) is 5.92 Å². The number of rotatable bonds is 3. The standard InChI is InChI=1S/C19H27N3O3S/c20-16(23)13-21-7-1-2-15(12-21)18(24)22-8-5-19(6-9-22)17-14(3-10-25-19)4-11-26-17/h4,11,15H,1-3,5-10,12-13H2,(H2,20,23). The van der Waals surface area contributed by atoms with Gasteiger partial charge in [-0.2, -0.15) is 0 Å². The lowest BCUT2D eigenvalue weighted by atomic mass is 9.84. The van der Waals surface area contributed by atoms with Gasteiger partial charge in [-0.05, 0) is 55.7 Å². The van der Waals surface area contributed by atoms with Crippen LogP contribution in [0.4, 0.5) is 0 Å². The number of carbonyl (C=O) groups excluding carboxylic acids is 2. The van der Waals surface area contributed by atoms with Gasteiger partial charge in [0.05, 0.1) is 19.1 Å². The van der Waals surface area contributed by atoms with Gasteiger partial charge in [0.15, 0.2) is 0 Å². The predicted molar refractivity (Wildman–Crippen MR) is 99.8 cm³/mol. The minimum Gasteiger partial charge on any atom is -0.369 e. The minimum absolute atomic E-state index is 0.0123. The number of nitrogens with zero attached hydrogens (tertiary/aromatic N) is 2. The highest BCUT2D eigenvalue weighted by atomic mass is 32.1. The first-order valence-corrected chi connectivity index (χ1v) is 10.5. The van der Waals surface area contributed by atoms with Crippen LogP contribution in [0.3, 0.4) is 0 Å². The third kappa shape index (κ3) is 3.40. The van der Waals surface area contributed by atoms with Crippen molar-refractivity contribution in [3.8, 4) is 0 Å². The van der Waals surface area contributed by atoms with E-state index in [0.29, 0.717) is 6.54 Å². The molecule has 1 unspecified atom stereocenters. The van der Waals surface area contributed by atoms with E-state index in [0.717, 1.165) is 58.3 Å². The Morgan fingerprint density at radius 2 is 2.12 bits per heavy atom. The highest BCUT2D eigenvalue weighted by molar-refractivity contribution is 7.10. The summed E-state index contributed by atoms with van der Waals surface area (Å²) in [6, 6.07) is 2.22. The van der Waals surface area contributed by atoms with Crippen molar-refractivity contribution in [2.45, 2.75) is 37.7 Å². The first-order chi connectivity index (χ1) is 12.6. The molecule has 1 atom stereocenters. The zero-order chi connectivity index (χ0) is 18.1. The van der Waals surface area contributed by atoms with Crippen molar-refractivity contribution < 1.29 is 14.3 Å². The van der Waals surface area contributed by atoms with Gasteiger partial charge >= 0.3 is 0 Å². The molecule has 0 saturated carbocycles. The van der Waals surface area contributed by atoms with Gasteiger partial charge in [0.2, 0.25) is 11.8 Å². The third-order valence-corrected chi connectivity index (χ3v) is 7.17. The molecule has 7 heteroatoms. The molecule has 0 bridgehead atoms. The fraction of sp³-hybridized carbons (Fsp3) is 0.684. The van der Waals surface area contributed by atoms with Gasteiger partial charge < -0.3 is 15.4 Å². The molecule has 1 aromatic rings. The maximum atomic E-state index is 13.0. The topological polar surface area (TPSA) is 75.9 Å². The summed E-state index contributed by atoms with van der Waals surface area (Å²) < 4.78 is 6.24. The second-order valence-electron chi connectivity index (χ2n) is 7.73. The van der Waals surface area contributed by atoms with Crippen LogP contribution in [0.15, 0.2) is 11.4 Å². The van der Waals surface area contributed by atoms with Crippen LogP contribution < -0.4 is 5.73 Å². The highest BCUT2D eigenvalue weighted by Crippen LogP contribution is 2.44. The Balaban J connectivity index is 1.38. The zero-order valence-corrected chi connectivity index (χ0v) is 15.9. The number of ether oxygens (including phenoxy) is 1. The lowest BCUT2D eigenvalue weighted by Crippen LogP contribution is -2.52. The molecule has 142 valence electrons. The molecule has 0 aliphatic carbocycles. The summed E-state index contributed by atoms with van der Waals surface area (Å²) >= 11 is 1.80. The number of nitrogens with two attached hydrogens (primary N) is 1. The third-order valence-electron chi connectivity index (χ3n) is 6.03.